The Kier molecular flexibility index (Phi) is 9.12. The largest absolute Gasteiger partial charge is 0.416 e. The molecular formula is C33H31F3N7O3+. The molecule has 5 rings (SSSR count). The summed E-state index contributed by atoms with van der Waals surface area (Å²) < 4.78 is 49.6. The molecule has 0 aliphatic rings. The lowest BCUT2D eigenvalue weighted by molar-refractivity contribution is -0.727. The van der Waals surface area contributed by atoms with E-state index in [-0.39, 0.29) is 41.5 Å². The first kappa shape index (κ1) is 31.8. The van der Waals surface area contributed by atoms with Crippen LogP contribution in [0.2, 0.25) is 0 Å². The van der Waals surface area contributed by atoms with Gasteiger partial charge in [0.05, 0.1) is 34.8 Å². The number of halogens is 3. The highest BCUT2D eigenvalue weighted by molar-refractivity contribution is 6.05. The lowest BCUT2D eigenvalue weighted by Gasteiger charge is -2.14. The fourth-order valence-corrected chi connectivity index (χ4v) is 4.42. The number of aryl methyl sites for hydroxylation is 2. The van der Waals surface area contributed by atoms with Gasteiger partial charge in [0.2, 0.25) is 5.95 Å². The number of amides is 1. The molecule has 2 aromatic carbocycles. The van der Waals surface area contributed by atoms with Crippen LogP contribution in [-0.4, -0.2) is 31.4 Å². The van der Waals surface area contributed by atoms with Crippen molar-refractivity contribution in [3.8, 4) is 16.9 Å². The average Bonchev–Trinajstić information content (AvgIpc) is 3.46. The summed E-state index contributed by atoms with van der Waals surface area (Å²) in [5.41, 5.74) is 2.79. The predicted octanol–water partition coefficient (Wildman–Crippen LogP) is 6.41. The molecule has 0 spiro atoms. The third-order valence-electron chi connectivity index (χ3n) is 6.90. The van der Waals surface area contributed by atoms with Crippen molar-refractivity contribution in [2.45, 2.75) is 40.6 Å². The topological polar surface area (TPSA) is 115 Å². The third kappa shape index (κ3) is 7.73. The highest BCUT2D eigenvalue weighted by atomic mass is 19.4. The molecular weight excluding hydrogens is 599 g/mol. The number of esters is 1. The van der Waals surface area contributed by atoms with Gasteiger partial charge in [0.1, 0.15) is 0 Å². The molecule has 46 heavy (non-hydrogen) atoms. The van der Waals surface area contributed by atoms with E-state index in [2.05, 4.69) is 25.6 Å². The fourth-order valence-electron chi connectivity index (χ4n) is 4.42. The molecule has 0 bridgehead atoms. The van der Waals surface area contributed by atoms with Crippen molar-refractivity contribution in [1.29, 1.82) is 0 Å². The van der Waals surface area contributed by atoms with E-state index in [4.69, 9.17) is 4.74 Å². The van der Waals surface area contributed by atoms with Crippen molar-refractivity contribution < 1.29 is 32.1 Å². The molecule has 13 heteroatoms. The lowest BCUT2D eigenvalue weighted by atomic mass is 10.1. The number of nitrogens with zero attached hydrogens (tertiary/aromatic N) is 5. The zero-order valence-electron chi connectivity index (χ0n) is 25.5. The monoisotopic (exact) mass is 630 g/mol. The Morgan fingerprint density at radius 3 is 2.57 bits per heavy atom. The van der Waals surface area contributed by atoms with E-state index in [0.717, 1.165) is 23.3 Å². The minimum atomic E-state index is -4.62. The predicted molar refractivity (Wildman–Crippen MR) is 164 cm³/mol. The van der Waals surface area contributed by atoms with Crippen LogP contribution in [0, 0.1) is 19.8 Å². The summed E-state index contributed by atoms with van der Waals surface area (Å²) in [6.45, 7) is 7.14. The molecule has 236 valence electrons. The van der Waals surface area contributed by atoms with Crippen LogP contribution in [0.1, 0.15) is 41.0 Å². The Bertz CT molecular complexity index is 1900. The van der Waals surface area contributed by atoms with Crippen LogP contribution in [0.25, 0.3) is 16.9 Å². The average molecular weight is 631 g/mol. The summed E-state index contributed by atoms with van der Waals surface area (Å²) in [5.74, 6) is -0.880. The van der Waals surface area contributed by atoms with Gasteiger partial charge < -0.3 is 19.9 Å². The molecule has 2 N–H and O–H groups in total. The number of carbonyl (C=O) groups excluding carboxylic acids is 2. The molecule has 5 aromatic rings. The number of pyridine rings is 1. The first-order valence-electron chi connectivity index (χ1n) is 14.3. The smallest absolute Gasteiger partial charge is 0.405 e. The van der Waals surface area contributed by atoms with Crippen LogP contribution in [0.5, 0.6) is 0 Å². The Morgan fingerprint density at radius 2 is 1.85 bits per heavy atom. The van der Waals surface area contributed by atoms with Gasteiger partial charge in [0.15, 0.2) is 12.4 Å². The van der Waals surface area contributed by atoms with Crippen LogP contribution in [0.3, 0.4) is 0 Å². The number of carbonyl (C=O) groups is 2. The number of alkyl halides is 3. The summed E-state index contributed by atoms with van der Waals surface area (Å²) >= 11 is 0. The number of anilines is 3. The SMILES string of the molecule is Cc1cn(-c2cc(NC(=O)c3ccc(C)c(Nc4nccc(-c5ccc[n+](COC(=O)C(C)C)c5)n4)c3)cc(C(F)(F)F)c2)cn1. The van der Waals surface area contributed by atoms with Crippen LogP contribution in [0.4, 0.5) is 30.5 Å². The van der Waals surface area contributed by atoms with E-state index in [0.29, 0.717) is 17.1 Å². The number of hydrogen-bond donors (Lipinski definition) is 2. The second-order valence-corrected chi connectivity index (χ2v) is 10.9. The van der Waals surface area contributed by atoms with Gasteiger partial charge in [-0.2, -0.15) is 17.7 Å². The Labute approximate surface area is 262 Å². The Hall–Kier alpha value is -5.59. The number of hydrogen-bond acceptors (Lipinski definition) is 7. The molecule has 0 fully saturated rings. The van der Waals surface area contributed by atoms with Gasteiger partial charge in [-0.25, -0.2) is 15.0 Å². The van der Waals surface area contributed by atoms with Crippen molar-refractivity contribution in [2.24, 2.45) is 5.92 Å². The van der Waals surface area contributed by atoms with E-state index in [1.54, 1.807) is 74.4 Å². The molecule has 0 saturated heterocycles. The quantitative estimate of drug-likeness (QED) is 0.143. The number of rotatable bonds is 9. The van der Waals surface area contributed by atoms with E-state index in [9.17, 15) is 22.8 Å². The van der Waals surface area contributed by atoms with Crippen LogP contribution in [-0.2, 0) is 22.4 Å². The molecule has 0 saturated carbocycles. The van der Waals surface area contributed by atoms with Gasteiger partial charge in [0.25, 0.3) is 12.6 Å². The molecule has 0 aliphatic carbocycles. The Morgan fingerprint density at radius 1 is 1.04 bits per heavy atom. The standard InChI is InChI=1S/C33H30F3N7O3/c1-20(2)31(45)46-19-42-11-5-6-24(17-42)28-9-10-37-32(40-28)41-29-12-23(8-7-21(29)3)30(44)39-26-13-25(33(34,35)36)14-27(15-26)43-16-22(4)38-18-43/h5-18,20H,19H2,1-4H3,(H-,37,39,40,41,44)/p+1. The van der Waals surface area contributed by atoms with Gasteiger partial charge in [-0.05, 0) is 61.9 Å². The van der Waals surface area contributed by atoms with Gasteiger partial charge >= 0.3 is 12.1 Å². The maximum Gasteiger partial charge on any atom is 0.416 e. The van der Waals surface area contributed by atoms with E-state index >= 15 is 0 Å². The molecule has 0 atom stereocenters. The lowest BCUT2D eigenvalue weighted by Crippen LogP contribution is -2.36. The van der Waals surface area contributed by atoms with E-state index in [1.807, 2.05) is 19.1 Å². The summed E-state index contributed by atoms with van der Waals surface area (Å²) in [4.78, 5) is 38.1. The van der Waals surface area contributed by atoms with E-state index < -0.39 is 17.6 Å². The number of nitrogens with one attached hydrogen (secondary N) is 2. The maximum atomic E-state index is 13.7. The second-order valence-electron chi connectivity index (χ2n) is 10.9. The zero-order chi connectivity index (χ0) is 33.0. The molecule has 3 heterocycles. The second kappa shape index (κ2) is 13.2. The van der Waals surface area contributed by atoms with Crippen LogP contribution >= 0.6 is 0 Å². The molecule has 3 aromatic heterocycles. The number of benzene rings is 2. The normalized spacial score (nSPS) is 11.4. The summed E-state index contributed by atoms with van der Waals surface area (Å²) in [6.07, 6.45) is 3.53. The first-order chi connectivity index (χ1) is 21.9. The minimum absolute atomic E-state index is 0.0219. The maximum absolute atomic E-state index is 13.7. The van der Waals surface area contributed by atoms with Crippen molar-refractivity contribution in [2.75, 3.05) is 10.6 Å². The minimum Gasteiger partial charge on any atom is -0.405 e. The Balaban J connectivity index is 1.35. The number of aromatic nitrogens is 5. The fraction of sp³-hybridized carbons (Fsp3) is 0.212. The summed E-state index contributed by atoms with van der Waals surface area (Å²) in [6, 6.07) is 13.6. The van der Waals surface area contributed by atoms with Gasteiger partial charge in [-0.3, -0.25) is 9.59 Å². The number of imidazole rings is 1. The number of ether oxygens (including phenoxy) is 1. The molecule has 0 aliphatic heterocycles. The van der Waals surface area contributed by atoms with Crippen molar-refractivity contribution in [3.05, 3.63) is 108 Å². The molecule has 0 radical (unpaired) electrons. The summed E-state index contributed by atoms with van der Waals surface area (Å²) in [7, 11) is 0. The first-order valence-corrected chi connectivity index (χ1v) is 14.3. The third-order valence-corrected chi connectivity index (χ3v) is 6.90. The molecule has 1 amide bonds. The summed E-state index contributed by atoms with van der Waals surface area (Å²) in [5, 5.41) is 5.73. The van der Waals surface area contributed by atoms with Crippen molar-refractivity contribution in [1.82, 2.24) is 19.5 Å². The molecule has 0 unspecified atom stereocenters. The van der Waals surface area contributed by atoms with Crippen LogP contribution < -0.4 is 15.2 Å². The highest BCUT2D eigenvalue weighted by Crippen LogP contribution is 2.33. The highest BCUT2D eigenvalue weighted by Gasteiger charge is 2.31. The van der Waals surface area contributed by atoms with Crippen molar-refractivity contribution in [3.63, 3.8) is 0 Å². The van der Waals surface area contributed by atoms with Gasteiger partial charge in [0, 0.05) is 41.1 Å². The van der Waals surface area contributed by atoms with Gasteiger partial charge in [-0.15, -0.1) is 0 Å². The van der Waals surface area contributed by atoms with Crippen molar-refractivity contribution >= 4 is 29.2 Å². The van der Waals surface area contributed by atoms with E-state index in [1.165, 1.54) is 17.0 Å². The van der Waals surface area contributed by atoms with Crippen LogP contribution in [0.15, 0.2) is 85.7 Å². The molecule has 10 nitrogen and oxygen atoms in total. The zero-order valence-corrected chi connectivity index (χ0v) is 25.5. The van der Waals surface area contributed by atoms with Gasteiger partial charge in [-0.1, -0.05) is 19.9 Å².